The Balaban J connectivity index is 3.60. The van der Waals surface area contributed by atoms with Crippen molar-refractivity contribution in [1.82, 2.24) is 10.2 Å². The first-order valence-corrected chi connectivity index (χ1v) is 4.14. The molecule has 0 spiro atoms. The van der Waals surface area contributed by atoms with E-state index >= 15 is 0 Å². The molecule has 0 aliphatic carbocycles. The van der Waals surface area contributed by atoms with Gasteiger partial charge in [-0.15, -0.1) is 0 Å². The molecule has 0 aliphatic heterocycles. The Hall–Kier alpha value is -1.88. The molecule has 0 radical (unpaired) electrons. The Morgan fingerprint density at radius 1 is 1.05 bits per heavy atom. The molecule has 108 valence electrons. The zero-order valence-electron chi connectivity index (χ0n) is 8.33. The molecule has 0 unspecified atom stereocenters. The minimum atomic E-state index is -6.34. The summed E-state index contributed by atoms with van der Waals surface area (Å²) in [5.41, 5.74) is -7.29. The van der Waals surface area contributed by atoms with Gasteiger partial charge in [0.15, 0.2) is 5.69 Å². The topological polar surface area (TPSA) is 66.0 Å². The van der Waals surface area contributed by atoms with Gasteiger partial charge in [-0.05, 0) is 0 Å². The monoisotopic (exact) mass is 298 g/mol. The maximum atomic E-state index is 12.8. The number of alkyl halides is 8. The molecule has 4 nitrogen and oxygen atoms in total. The molecule has 12 heteroatoms. The normalized spacial score (nSPS) is 13.7. The largest absolute Gasteiger partial charge is 0.476 e. The van der Waals surface area contributed by atoms with Crippen LogP contribution in [0, 0.1) is 0 Å². The van der Waals surface area contributed by atoms with Crippen LogP contribution in [0.15, 0.2) is 0 Å². The van der Waals surface area contributed by atoms with E-state index in [1.54, 1.807) is 0 Å². The molecule has 0 saturated heterocycles. The molecule has 0 fully saturated rings. The standard InChI is InChI=1S/C7H2F8N2O2/c8-5(9,7(13,14)15)3-1(6(10,11)12)2(4(18)19)16-17-3/h(H,16,17)(H,18,19). The van der Waals surface area contributed by atoms with Crippen LogP contribution in [0.5, 0.6) is 0 Å². The highest BCUT2D eigenvalue weighted by atomic mass is 19.4. The first-order valence-electron chi connectivity index (χ1n) is 4.14. The highest BCUT2D eigenvalue weighted by Gasteiger charge is 2.63. The van der Waals surface area contributed by atoms with Crippen molar-refractivity contribution < 1.29 is 45.0 Å². The van der Waals surface area contributed by atoms with Crippen molar-refractivity contribution >= 4 is 5.97 Å². The number of H-pyrrole nitrogens is 1. The van der Waals surface area contributed by atoms with Gasteiger partial charge in [0.2, 0.25) is 0 Å². The number of carboxylic acid groups (broad SMARTS) is 1. The summed E-state index contributed by atoms with van der Waals surface area (Å²) in [5, 5.41) is 11.4. The third kappa shape index (κ3) is 2.46. The molecule has 0 amide bonds. The molecule has 1 aromatic heterocycles. The summed E-state index contributed by atoms with van der Waals surface area (Å²) in [6, 6.07) is 0. The quantitative estimate of drug-likeness (QED) is 0.825. The zero-order valence-corrected chi connectivity index (χ0v) is 8.33. The fourth-order valence-electron chi connectivity index (χ4n) is 1.14. The first kappa shape index (κ1) is 15.2. The Morgan fingerprint density at radius 2 is 1.53 bits per heavy atom. The number of aromatic nitrogens is 2. The summed E-state index contributed by atoms with van der Waals surface area (Å²) in [6.45, 7) is 0. The van der Waals surface area contributed by atoms with E-state index in [1.807, 2.05) is 0 Å². The van der Waals surface area contributed by atoms with Crippen LogP contribution < -0.4 is 0 Å². The number of aromatic amines is 1. The van der Waals surface area contributed by atoms with Gasteiger partial charge in [-0.3, -0.25) is 5.10 Å². The van der Waals surface area contributed by atoms with Crippen LogP contribution in [0.3, 0.4) is 0 Å². The molecular weight excluding hydrogens is 296 g/mol. The number of rotatable bonds is 2. The second-order valence-corrected chi connectivity index (χ2v) is 3.20. The minimum absolute atomic E-state index is 0.788. The lowest BCUT2D eigenvalue weighted by molar-refractivity contribution is -0.292. The summed E-state index contributed by atoms with van der Waals surface area (Å²) in [5.74, 6) is -8.31. The van der Waals surface area contributed by atoms with Crippen LogP contribution in [-0.4, -0.2) is 27.4 Å². The fraction of sp³-hybridized carbons (Fsp3) is 0.429. The highest BCUT2D eigenvalue weighted by Crippen LogP contribution is 2.48. The number of nitrogens with one attached hydrogen (secondary N) is 1. The van der Waals surface area contributed by atoms with Crippen molar-refractivity contribution in [2.45, 2.75) is 18.3 Å². The molecule has 2 N–H and O–H groups in total. The summed E-state index contributed by atoms with van der Waals surface area (Å²) in [4.78, 5) is 10.3. The van der Waals surface area contributed by atoms with Crippen LogP contribution in [0.25, 0.3) is 0 Å². The molecule has 0 saturated carbocycles. The smallest absolute Gasteiger partial charge is 0.459 e. The van der Waals surface area contributed by atoms with E-state index in [0.717, 1.165) is 5.10 Å². The maximum absolute atomic E-state index is 12.8. The fourth-order valence-corrected chi connectivity index (χ4v) is 1.14. The third-order valence-corrected chi connectivity index (χ3v) is 1.92. The molecule has 1 rings (SSSR count). The van der Waals surface area contributed by atoms with Crippen LogP contribution >= 0.6 is 0 Å². The second kappa shape index (κ2) is 4.06. The van der Waals surface area contributed by atoms with E-state index in [0.29, 0.717) is 0 Å². The summed E-state index contributed by atoms with van der Waals surface area (Å²) >= 11 is 0. The Morgan fingerprint density at radius 3 is 1.84 bits per heavy atom. The van der Waals surface area contributed by atoms with Crippen molar-refractivity contribution in [3.63, 3.8) is 0 Å². The number of carboxylic acids is 1. The molecule has 1 heterocycles. The summed E-state index contributed by atoms with van der Waals surface area (Å²) < 4.78 is 98.8. The average molecular weight is 298 g/mol. The van der Waals surface area contributed by atoms with Crippen LogP contribution in [0.2, 0.25) is 0 Å². The Bertz CT molecular complexity index is 500. The summed E-state index contributed by atoms with van der Waals surface area (Å²) in [6.07, 6.45) is -12.1. The molecule has 0 bridgehead atoms. The van der Waals surface area contributed by atoms with Crippen molar-refractivity contribution in [1.29, 1.82) is 0 Å². The zero-order chi connectivity index (χ0) is 15.2. The number of halogens is 8. The van der Waals surface area contributed by atoms with E-state index in [4.69, 9.17) is 5.11 Å². The van der Waals surface area contributed by atoms with Gasteiger partial charge in [0, 0.05) is 0 Å². The van der Waals surface area contributed by atoms with Crippen molar-refractivity contribution in [2.24, 2.45) is 0 Å². The van der Waals surface area contributed by atoms with Gasteiger partial charge in [0.1, 0.15) is 11.3 Å². The number of hydrogen-bond donors (Lipinski definition) is 2. The number of hydrogen-bond acceptors (Lipinski definition) is 2. The lowest BCUT2D eigenvalue weighted by Gasteiger charge is -2.20. The number of carbonyl (C=O) groups is 1. The predicted octanol–water partition coefficient (Wildman–Crippen LogP) is 2.78. The Kier molecular flexibility index (Phi) is 3.25. The van der Waals surface area contributed by atoms with Gasteiger partial charge >= 0.3 is 24.2 Å². The van der Waals surface area contributed by atoms with E-state index in [1.165, 1.54) is 0 Å². The van der Waals surface area contributed by atoms with Crippen molar-refractivity contribution in [3.05, 3.63) is 17.0 Å². The molecule has 0 aliphatic rings. The summed E-state index contributed by atoms with van der Waals surface area (Å²) in [7, 11) is 0. The van der Waals surface area contributed by atoms with Crippen molar-refractivity contribution in [2.75, 3.05) is 0 Å². The van der Waals surface area contributed by atoms with E-state index in [-0.39, 0.29) is 0 Å². The van der Waals surface area contributed by atoms with Gasteiger partial charge in [-0.25, -0.2) is 4.79 Å². The van der Waals surface area contributed by atoms with Crippen LogP contribution in [-0.2, 0) is 12.1 Å². The predicted molar refractivity (Wildman–Crippen MR) is 40.5 cm³/mol. The first-order chi connectivity index (χ1) is 8.30. The van der Waals surface area contributed by atoms with Gasteiger partial charge in [0.25, 0.3) is 0 Å². The van der Waals surface area contributed by atoms with Gasteiger partial charge in [-0.2, -0.15) is 40.2 Å². The Labute approximate surface area is 97.6 Å². The molecule has 1 aromatic rings. The van der Waals surface area contributed by atoms with E-state index < -0.39 is 41.2 Å². The lowest BCUT2D eigenvalue weighted by Crippen LogP contribution is -2.36. The molecule has 0 aromatic carbocycles. The van der Waals surface area contributed by atoms with E-state index in [9.17, 15) is 39.9 Å². The maximum Gasteiger partial charge on any atom is 0.459 e. The third-order valence-electron chi connectivity index (χ3n) is 1.92. The van der Waals surface area contributed by atoms with Gasteiger partial charge < -0.3 is 5.11 Å². The lowest BCUT2D eigenvalue weighted by atomic mass is 10.1. The number of aromatic carboxylic acids is 1. The molecule has 19 heavy (non-hydrogen) atoms. The second-order valence-electron chi connectivity index (χ2n) is 3.20. The van der Waals surface area contributed by atoms with E-state index in [2.05, 4.69) is 5.10 Å². The van der Waals surface area contributed by atoms with Gasteiger partial charge in [0.05, 0.1) is 0 Å². The van der Waals surface area contributed by atoms with Crippen LogP contribution in [0.1, 0.15) is 21.7 Å². The molecular formula is C7H2F8N2O2. The van der Waals surface area contributed by atoms with Crippen molar-refractivity contribution in [3.8, 4) is 0 Å². The average Bonchev–Trinajstić information content (AvgIpc) is 2.58. The highest BCUT2D eigenvalue weighted by molar-refractivity contribution is 5.87. The van der Waals surface area contributed by atoms with Crippen LogP contribution in [0.4, 0.5) is 35.1 Å². The number of nitrogens with zero attached hydrogens (tertiary/aromatic N) is 1. The minimum Gasteiger partial charge on any atom is -0.476 e. The van der Waals surface area contributed by atoms with Gasteiger partial charge in [-0.1, -0.05) is 0 Å². The SMILES string of the molecule is O=C(O)c1n[nH]c(C(F)(F)C(F)(F)F)c1C(F)(F)F. The molecule has 0 atom stereocenters.